The van der Waals surface area contributed by atoms with Gasteiger partial charge in [-0.15, -0.1) is 0 Å². The van der Waals surface area contributed by atoms with Crippen molar-refractivity contribution < 1.29 is 43.8 Å². The van der Waals surface area contributed by atoms with Gasteiger partial charge in [0.05, 0.1) is 12.6 Å². The Hall–Kier alpha value is -4.52. The zero-order valence-electron chi connectivity index (χ0n) is 32.7. The Morgan fingerprint density at radius 2 is 1.30 bits per heavy atom. The van der Waals surface area contributed by atoms with E-state index in [1.165, 1.54) is 4.90 Å². The number of carboxylic acids is 1. The molecule has 1 fully saturated rings. The van der Waals surface area contributed by atoms with Crippen LogP contribution in [0.2, 0.25) is 0 Å². The second-order valence-electron chi connectivity index (χ2n) is 14.8. The van der Waals surface area contributed by atoms with Crippen molar-refractivity contribution >= 4 is 47.4 Å². The van der Waals surface area contributed by atoms with E-state index >= 15 is 0 Å². The zero-order chi connectivity index (χ0) is 41.3. The van der Waals surface area contributed by atoms with Crippen molar-refractivity contribution in [2.24, 2.45) is 39.9 Å². The highest BCUT2D eigenvalue weighted by atomic mass is 16.4. The molecular formula is C35H64N10O9. The second-order valence-corrected chi connectivity index (χ2v) is 14.8. The van der Waals surface area contributed by atoms with E-state index in [4.69, 9.17) is 17.2 Å². The third-order valence-electron chi connectivity index (χ3n) is 9.08. The van der Waals surface area contributed by atoms with Crippen LogP contribution in [0.15, 0.2) is 4.99 Å². The number of rotatable bonds is 23. The molecule has 308 valence electrons. The maximum Gasteiger partial charge on any atom is 0.326 e. The van der Waals surface area contributed by atoms with E-state index < -0.39 is 90.3 Å². The summed E-state index contributed by atoms with van der Waals surface area (Å²) in [6.07, 6.45) is 2.02. The first-order chi connectivity index (χ1) is 25.2. The first-order valence-corrected chi connectivity index (χ1v) is 18.7. The number of aliphatic imine (C=N–C) groups is 1. The molecule has 19 heteroatoms. The molecule has 19 nitrogen and oxygen atoms in total. The molecule has 0 spiro atoms. The summed E-state index contributed by atoms with van der Waals surface area (Å²) in [5.74, 6) is -6.03. The minimum Gasteiger partial charge on any atom is -0.480 e. The number of hydrogen-bond acceptors (Lipinski definition) is 10. The van der Waals surface area contributed by atoms with Crippen LogP contribution in [0.3, 0.4) is 0 Å². The number of aliphatic hydroxyl groups is 1. The molecule has 0 aliphatic carbocycles. The Labute approximate surface area is 317 Å². The molecule has 0 radical (unpaired) electrons. The van der Waals surface area contributed by atoms with E-state index in [0.29, 0.717) is 25.8 Å². The standard InChI is InChI=1S/C35H64N10O9/c1-8-20(6)27(44-29(48)24(16-19(4)5)41-31(50)26-12-10-14-45(26)33(52)21(7)36)32(51)42-23(15-18(2)3)28(47)43-25(17-46)30(49)40-22(34(53)54)11-9-13-39-35(37)38/h18-27,46H,8-17,36H2,1-7H3,(H,40,49)(H,41,50)(H,42,51)(H,43,47)(H,44,48)(H,53,54)(H4,37,38,39). The second kappa shape index (κ2) is 23.3. The first-order valence-electron chi connectivity index (χ1n) is 18.7. The molecule has 8 unspecified atom stereocenters. The predicted octanol–water partition coefficient (Wildman–Crippen LogP) is -1.98. The molecule has 1 aliphatic rings. The highest BCUT2D eigenvalue weighted by Crippen LogP contribution is 2.19. The van der Waals surface area contributed by atoms with Crippen LogP contribution < -0.4 is 43.8 Å². The van der Waals surface area contributed by atoms with Gasteiger partial charge in [0, 0.05) is 13.1 Å². The van der Waals surface area contributed by atoms with Crippen LogP contribution in [0.1, 0.15) is 93.4 Å². The monoisotopic (exact) mass is 768 g/mol. The van der Waals surface area contributed by atoms with Crippen LogP contribution >= 0.6 is 0 Å². The van der Waals surface area contributed by atoms with Crippen molar-refractivity contribution in [3.63, 3.8) is 0 Å². The third-order valence-corrected chi connectivity index (χ3v) is 9.08. The number of carbonyl (C=O) groups is 7. The van der Waals surface area contributed by atoms with E-state index in [-0.39, 0.29) is 55.9 Å². The fraction of sp³-hybridized carbons (Fsp3) is 0.771. The van der Waals surface area contributed by atoms with E-state index in [1.54, 1.807) is 13.8 Å². The molecule has 1 heterocycles. The van der Waals surface area contributed by atoms with Crippen molar-refractivity contribution in [1.29, 1.82) is 0 Å². The predicted molar refractivity (Wildman–Crippen MR) is 201 cm³/mol. The fourth-order valence-electron chi connectivity index (χ4n) is 5.96. The number of guanidine groups is 1. The Balaban J connectivity index is 3.16. The molecule has 0 bridgehead atoms. The van der Waals surface area contributed by atoms with Gasteiger partial charge in [-0.2, -0.15) is 0 Å². The normalized spacial score (nSPS) is 18.0. The SMILES string of the molecule is CCC(C)C(NC(=O)C(CC(C)C)NC(=O)C1CCCN1C(=O)C(C)N)C(=O)NC(CC(C)C)C(=O)NC(CO)C(=O)NC(CCCN=C(N)N)C(=O)O. The van der Waals surface area contributed by atoms with Crippen LogP contribution in [-0.2, 0) is 33.6 Å². The number of nitrogens with one attached hydrogen (secondary N) is 5. The van der Waals surface area contributed by atoms with Crippen molar-refractivity contribution in [3.8, 4) is 0 Å². The molecule has 8 atom stereocenters. The van der Waals surface area contributed by atoms with Crippen molar-refractivity contribution in [1.82, 2.24) is 31.5 Å². The minimum atomic E-state index is -1.55. The third kappa shape index (κ3) is 15.8. The fourth-order valence-corrected chi connectivity index (χ4v) is 5.96. The summed E-state index contributed by atoms with van der Waals surface area (Å²) in [6.45, 7) is 12.1. The smallest absolute Gasteiger partial charge is 0.326 e. The van der Waals surface area contributed by atoms with Crippen LogP contribution in [-0.4, -0.2) is 124 Å². The lowest BCUT2D eigenvalue weighted by Crippen LogP contribution is -2.61. The lowest BCUT2D eigenvalue weighted by atomic mass is 9.95. The van der Waals surface area contributed by atoms with Crippen molar-refractivity contribution in [2.75, 3.05) is 19.7 Å². The van der Waals surface area contributed by atoms with E-state index in [9.17, 15) is 43.8 Å². The molecule has 6 amide bonds. The molecule has 1 aliphatic heterocycles. The number of nitrogens with zero attached hydrogens (tertiary/aromatic N) is 2. The molecule has 1 saturated heterocycles. The molecular weight excluding hydrogens is 704 g/mol. The summed E-state index contributed by atoms with van der Waals surface area (Å²) in [5, 5.41) is 32.5. The van der Waals surface area contributed by atoms with Crippen LogP contribution in [0.5, 0.6) is 0 Å². The molecule has 0 aromatic rings. The van der Waals surface area contributed by atoms with Crippen molar-refractivity contribution in [3.05, 3.63) is 0 Å². The van der Waals surface area contributed by atoms with Gasteiger partial charge in [0.15, 0.2) is 5.96 Å². The molecule has 0 aromatic carbocycles. The van der Waals surface area contributed by atoms with Crippen molar-refractivity contribution in [2.45, 2.75) is 136 Å². The number of hydrogen-bond donors (Lipinski definition) is 10. The number of carboxylic acid groups (broad SMARTS) is 1. The summed E-state index contributed by atoms with van der Waals surface area (Å²) >= 11 is 0. The van der Waals surface area contributed by atoms with Gasteiger partial charge >= 0.3 is 5.97 Å². The summed E-state index contributed by atoms with van der Waals surface area (Å²) in [6, 6.07) is -7.86. The number of amides is 6. The molecule has 0 aromatic heterocycles. The summed E-state index contributed by atoms with van der Waals surface area (Å²) < 4.78 is 0. The largest absolute Gasteiger partial charge is 0.480 e. The number of carbonyl (C=O) groups excluding carboxylic acids is 6. The Morgan fingerprint density at radius 3 is 1.80 bits per heavy atom. The van der Waals surface area contributed by atoms with E-state index in [0.717, 1.165) is 0 Å². The number of likely N-dealkylation sites (tertiary alicyclic amines) is 1. The quantitative estimate of drug-likeness (QED) is 0.0307. The summed E-state index contributed by atoms with van der Waals surface area (Å²) in [5.41, 5.74) is 16.3. The van der Waals surface area contributed by atoms with E-state index in [1.807, 2.05) is 34.6 Å². The average molecular weight is 769 g/mol. The average Bonchev–Trinajstić information content (AvgIpc) is 3.58. The molecule has 54 heavy (non-hydrogen) atoms. The van der Waals surface area contributed by atoms with Gasteiger partial charge in [0.2, 0.25) is 35.4 Å². The topological polar surface area (TPSA) is 314 Å². The van der Waals surface area contributed by atoms with Gasteiger partial charge in [-0.25, -0.2) is 4.79 Å². The van der Waals surface area contributed by atoms with Crippen LogP contribution in [0.25, 0.3) is 0 Å². The first kappa shape index (κ1) is 47.5. The van der Waals surface area contributed by atoms with Gasteiger partial charge < -0.3 is 58.9 Å². The van der Waals surface area contributed by atoms with Crippen LogP contribution in [0.4, 0.5) is 0 Å². The Bertz CT molecular complexity index is 1320. The lowest BCUT2D eigenvalue weighted by Gasteiger charge is -2.31. The number of aliphatic hydroxyl groups excluding tert-OH is 1. The molecule has 1 rings (SSSR count). The zero-order valence-corrected chi connectivity index (χ0v) is 32.7. The molecule has 0 saturated carbocycles. The number of aliphatic carboxylic acids is 1. The minimum absolute atomic E-state index is 0.0337. The molecule has 13 N–H and O–H groups in total. The number of nitrogens with two attached hydrogens (primary N) is 3. The lowest BCUT2D eigenvalue weighted by molar-refractivity contribution is -0.142. The Morgan fingerprint density at radius 1 is 0.778 bits per heavy atom. The van der Waals surface area contributed by atoms with Gasteiger partial charge in [-0.3, -0.25) is 33.8 Å². The highest BCUT2D eigenvalue weighted by molar-refractivity contribution is 5.97. The summed E-state index contributed by atoms with van der Waals surface area (Å²) in [7, 11) is 0. The van der Waals surface area contributed by atoms with Crippen LogP contribution in [0, 0.1) is 17.8 Å². The van der Waals surface area contributed by atoms with Gasteiger partial charge in [0.1, 0.15) is 36.3 Å². The Kier molecular flexibility index (Phi) is 20.5. The maximum absolute atomic E-state index is 13.8. The maximum atomic E-state index is 13.8. The van der Waals surface area contributed by atoms with Gasteiger partial charge in [-0.05, 0) is 63.2 Å². The van der Waals surface area contributed by atoms with E-state index in [2.05, 4.69) is 31.6 Å². The van der Waals surface area contributed by atoms with Gasteiger partial charge in [0.25, 0.3) is 0 Å². The van der Waals surface area contributed by atoms with Gasteiger partial charge in [-0.1, -0.05) is 48.0 Å². The highest BCUT2D eigenvalue weighted by Gasteiger charge is 2.38. The summed E-state index contributed by atoms with van der Waals surface area (Å²) in [4.78, 5) is 97.1.